The third-order valence-electron chi connectivity index (χ3n) is 6.95. The molecule has 9 heteroatoms. The van der Waals surface area contributed by atoms with Gasteiger partial charge in [0.2, 0.25) is 0 Å². The van der Waals surface area contributed by atoms with Crippen LogP contribution < -0.4 is 10.9 Å². The molecule has 3 aromatic rings. The maximum Gasteiger partial charge on any atom is 0.340 e. The zero-order chi connectivity index (χ0) is 22.9. The fraction of sp³-hybridized carbons (Fsp3) is 0.375. The smallest absolute Gasteiger partial charge is 0.340 e. The number of benzene rings is 1. The van der Waals surface area contributed by atoms with E-state index in [0.29, 0.717) is 35.6 Å². The molecule has 33 heavy (non-hydrogen) atoms. The van der Waals surface area contributed by atoms with E-state index in [0.717, 1.165) is 42.7 Å². The first-order chi connectivity index (χ1) is 15.9. The molecule has 0 bridgehead atoms. The number of halogens is 1. The number of aliphatic hydroxyl groups is 1. The molecule has 1 fully saturated rings. The minimum Gasteiger partial charge on any atom is -0.458 e. The van der Waals surface area contributed by atoms with Gasteiger partial charge < -0.3 is 19.7 Å². The number of carbonyl (C=O) groups excluding carboxylic acids is 1. The highest BCUT2D eigenvalue weighted by atomic mass is 19.1. The van der Waals surface area contributed by atoms with Gasteiger partial charge in [-0.2, -0.15) is 0 Å². The number of hydrogen-bond acceptors (Lipinski definition) is 7. The Morgan fingerprint density at radius 1 is 1.21 bits per heavy atom. The van der Waals surface area contributed by atoms with Crippen molar-refractivity contribution in [3.8, 4) is 11.4 Å². The van der Waals surface area contributed by atoms with Crippen molar-refractivity contribution in [1.82, 2.24) is 19.8 Å². The number of fused-ring (bicyclic) bond motifs is 5. The minimum absolute atomic E-state index is 0.159. The molecule has 6 rings (SSSR count). The van der Waals surface area contributed by atoms with Crippen LogP contribution >= 0.6 is 0 Å². The second-order valence-electron chi connectivity index (χ2n) is 8.93. The van der Waals surface area contributed by atoms with Crippen LogP contribution in [-0.4, -0.2) is 51.7 Å². The molecule has 0 amide bonds. The van der Waals surface area contributed by atoms with E-state index in [-0.39, 0.29) is 29.1 Å². The molecule has 1 atom stereocenters. The van der Waals surface area contributed by atoms with Crippen LogP contribution in [0.3, 0.4) is 0 Å². The SMILES string of the molecule is Cc1cc2c(CN3CCNCC3)c3c(nc2cc1F)-c1cc2c(c(=O)n1C3)COC(=O)[C@H]2O. The summed E-state index contributed by atoms with van der Waals surface area (Å²) in [4.78, 5) is 32.3. The molecule has 8 nitrogen and oxygen atoms in total. The molecule has 0 radical (unpaired) electrons. The number of aryl methyl sites for hydroxylation is 1. The van der Waals surface area contributed by atoms with Crippen LogP contribution in [0, 0.1) is 12.7 Å². The van der Waals surface area contributed by atoms with E-state index in [1.54, 1.807) is 17.6 Å². The number of esters is 1. The largest absolute Gasteiger partial charge is 0.458 e. The summed E-state index contributed by atoms with van der Waals surface area (Å²) in [5.74, 6) is -1.10. The summed E-state index contributed by atoms with van der Waals surface area (Å²) in [6.07, 6.45) is -1.50. The van der Waals surface area contributed by atoms with Gasteiger partial charge in [-0.15, -0.1) is 0 Å². The molecule has 1 saturated heterocycles. The van der Waals surface area contributed by atoms with Crippen LogP contribution in [0.1, 0.15) is 33.9 Å². The second-order valence-corrected chi connectivity index (χ2v) is 8.93. The molecule has 3 aliphatic rings. The molecule has 170 valence electrons. The van der Waals surface area contributed by atoms with E-state index in [2.05, 4.69) is 10.2 Å². The van der Waals surface area contributed by atoms with Gasteiger partial charge in [0.1, 0.15) is 12.4 Å². The number of rotatable bonds is 2. The molecule has 0 saturated carbocycles. The van der Waals surface area contributed by atoms with Crippen LogP contribution in [-0.2, 0) is 29.2 Å². The lowest BCUT2D eigenvalue weighted by molar-refractivity contribution is -0.157. The number of nitrogens with zero attached hydrogens (tertiary/aromatic N) is 3. The number of cyclic esters (lactones) is 1. The number of ether oxygens (including phenoxy) is 1. The van der Waals surface area contributed by atoms with Crippen molar-refractivity contribution in [3.63, 3.8) is 0 Å². The van der Waals surface area contributed by atoms with Gasteiger partial charge in [0.25, 0.3) is 5.56 Å². The van der Waals surface area contributed by atoms with Gasteiger partial charge in [0, 0.05) is 55.3 Å². The Balaban J connectivity index is 1.58. The number of aliphatic hydroxyl groups excluding tert-OH is 1. The van der Waals surface area contributed by atoms with Crippen molar-refractivity contribution >= 4 is 16.9 Å². The van der Waals surface area contributed by atoms with Crippen LogP contribution in [0.2, 0.25) is 0 Å². The molecule has 2 N–H and O–H groups in total. The molecule has 0 aliphatic carbocycles. The standard InChI is InChI=1S/C24H23FN4O4/c1-12-6-13-15(9-28-4-2-26-3-5-28)16-10-29-20(21(16)27-19(13)8-18(12)25)7-14-17(23(29)31)11-33-24(32)22(14)30/h6-8,22,26,30H,2-5,9-11H2,1H3/t22-/m0/s1. The Morgan fingerprint density at radius 2 is 2.00 bits per heavy atom. The first-order valence-electron chi connectivity index (χ1n) is 11.1. The fourth-order valence-electron chi connectivity index (χ4n) is 5.11. The van der Waals surface area contributed by atoms with E-state index in [1.807, 2.05) is 6.07 Å². The Hall–Kier alpha value is -3.14. The van der Waals surface area contributed by atoms with Crippen molar-refractivity contribution in [2.75, 3.05) is 26.2 Å². The Bertz CT molecular complexity index is 1390. The lowest BCUT2D eigenvalue weighted by atomic mass is 9.97. The Kier molecular flexibility index (Phi) is 4.62. The zero-order valence-corrected chi connectivity index (χ0v) is 18.2. The maximum absolute atomic E-state index is 14.5. The average molecular weight is 450 g/mol. The van der Waals surface area contributed by atoms with E-state index < -0.39 is 12.1 Å². The number of piperazine rings is 1. The third-order valence-corrected chi connectivity index (χ3v) is 6.95. The zero-order valence-electron chi connectivity index (χ0n) is 18.2. The van der Waals surface area contributed by atoms with Gasteiger partial charge >= 0.3 is 5.97 Å². The first-order valence-corrected chi connectivity index (χ1v) is 11.1. The number of carbonyl (C=O) groups is 1. The Labute approximate surface area is 188 Å². The van der Waals surface area contributed by atoms with Crippen LogP contribution in [0.4, 0.5) is 4.39 Å². The summed E-state index contributed by atoms with van der Waals surface area (Å²) in [5, 5.41) is 14.6. The lowest BCUT2D eigenvalue weighted by Gasteiger charge is -2.28. The van der Waals surface area contributed by atoms with Gasteiger partial charge in [-0.25, -0.2) is 14.2 Å². The molecular weight excluding hydrogens is 427 g/mol. The topological polar surface area (TPSA) is 96.7 Å². The first kappa shape index (κ1) is 20.5. The molecular formula is C24H23FN4O4. The molecule has 0 spiro atoms. The van der Waals surface area contributed by atoms with E-state index in [4.69, 9.17) is 9.72 Å². The van der Waals surface area contributed by atoms with Crippen LogP contribution in [0.15, 0.2) is 23.0 Å². The normalized spacial score (nSPS) is 19.8. The summed E-state index contributed by atoms with van der Waals surface area (Å²) in [7, 11) is 0. The quantitative estimate of drug-likeness (QED) is 0.445. The van der Waals surface area contributed by atoms with Gasteiger partial charge in [-0.3, -0.25) is 9.69 Å². The lowest BCUT2D eigenvalue weighted by Crippen LogP contribution is -2.43. The molecule has 2 aromatic heterocycles. The highest BCUT2D eigenvalue weighted by Gasteiger charge is 2.35. The monoisotopic (exact) mass is 450 g/mol. The number of pyridine rings is 2. The summed E-state index contributed by atoms with van der Waals surface area (Å²) in [6.45, 7) is 6.17. The van der Waals surface area contributed by atoms with Crippen molar-refractivity contribution in [2.45, 2.75) is 32.7 Å². The molecule has 3 aliphatic heterocycles. The van der Waals surface area contributed by atoms with Crippen molar-refractivity contribution in [1.29, 1.82) is 0 Å². The van der Waals surface area contributed by atoms with Crippen molar-refractivity contribution in [2.24, 2.45) is 0 Å². The summed E-state index contributed by atoms with van der Waals surface area (Å²) < 4.78 is 21.1. The number of hydrogen-bond donors (Lipinski definition) is 2. The summed E-state index contributed by atoms with van der Waals surface area (Å²) in [5.41, 5.74) is 4.42. The van der Waals surface area contributed by atoms with E-state index >= 15 is 0 Å². The molecule has 5 heterocycles. The highest BCUT2D eigenvalue weighted by molar-refractivity contribution is 5.89. The van der Waals surface area contributed by atoms with E-state index in [9.17, 15) is 19.1 Å². The summed E-state index contributed by atoms with van der Waals surface area (Å²) in [6, 6.07) is 4.94. The average Bonchev–Trinajstić information content (AvgIpc) is 3.17. The summed E-state index contributed by atoms with van der Waals surface area (Å²) >= 11 is 0. The van der Waals surface area contributed by atoms with Crippen LogP contribution in [0.25, 0.3) is 22.3 Å². The van der Waals surface area contributed by atoms with E-state index in [1.165, 1.54) is 6.07 Å². The second kappa shape index (κ2) is 7.44. The van der Waals surface area contributed by atoms with Gasteiger partial charge in [0.15, 0.2) is 6.10 Å². The van der Waals surface area contributed by atoms with Gasteiger partial charge in [-0.05, 0) is 30.2 Å². The maximum atomic E-state index is 14.5. The predicted octanol–water partition coefficient (Wildman–Crippen LogP) is 1.37. The predicted molar refractivity (Wildman–Crippen MR) is 118 cm³/mol. The Morgan fingerprint density at radius 3 is 2.79 bits per heavy atom. The van der Waals surface area contributed by atoms with Gasteiger partial charge in [-0.1, -0.05) is 0 Å². The van der Waals surface area contributed by atoms with Crippen molar-refractivity contribution in [3.05, 3.63) is 62.2 Å². The highest BCUT2D eigenvalue weighted by Crippen LogP contribution is 2.38. The number of nitrogens with one attached hydrogen (secondary N) is 1. The number of aromatic nitrogens is 2. The molecule has 1 aromatic carbocycles. The minimum atomic E-state index is -1.50. The fourth-order valence-corrected chi connectivity index (χ4v) is 5.11. The third kappa shape index (κ3) is 3.11. The van der Waals surface area contributed by atoms with Crippen LogP contribution in [0.5, 0.6) is 0 Å². The van der Waals surface area contributed by atoms with Crippen molar-refractivity contribution < 1.29 is 19.0 Å². The molecule has 0 unspecified atom stereocenters. The van der Waals surface area contributed by atoms with Gasteiger partial charge in [0.05, 0.1) is 29.0 Å².